The Labute approximate surface area is 154 Å². The van der Waals surface area contributed by atoms with E-state index in [0.717, 1.165) is 21.0 Å². The molecular formula is C19H14ClN3OS. The van der Waals surface area contributed by atoms with Crippen molar-refractivity contribution in [3.63, 3.8) is 0 Å². The lowest BCUT2D eigenvalue weighted by atomic mass is 10.2. The van der Waals surface area contributed by atoms with Gasteiger partial charge in [0.2, 0.25) is 0 Å². The molecule has 124 valence electrons. The Morgan fingerprint density at radius 2 is 1.88 bits per heavy atom. The molecule has 0 saturated carbocycles. The molecule has 0 aliphatic carbocycles. The minimum Gasteiger partial charge on any atom is -0.506 e. The fourth-order valence-corrected chi connectivity index (χ4v) is 3.86. The van der Waals surface area contributed by atoms with Crippen LogP contribution in [-0.2, 0) is 6.54 Å². The third-order valence-electron chi connectivity index (χ3n) is 3.79. The van der Waals surface area contributed by atoms with Gasteiger partial charge >= 0.3 is 0 Å². The third-order valence-corrected chi connectivity index (χ3v) is 5.07. The first-order valence-electron chi connectivity index (χ1n) is 7.72. The van der Waals surface area contributed by atoms with Crippen LogP contribution in [0.25, 0.3) is 10.2 Å². The number of thiazole rings is 1. The molecule has 6 heteroatoms. The van der Waals surface area contributed by atoms with E-state index >= 15 is 0 Å². The summed E-state index contributed by atoms with van der Waals surface area (Å²) in [6.45, 7) is 0.506. The Kier molecular flexibility index (Phi) is 4.26. The van der Waals surface area contributed by atoms with Crippen LogP contribution in [0.5, 0.6) is 5.75 Å². The van der Waals surface area contributed by atoms with Crippen LogP contribution in [0.1, 0.15) is 5.69 Å². The van der Waals surface area contributed by atoms with Crippen molar-refractivity contribution in [2.45, 2.75) is 6.54 Å². The van der Waals surface area contributed by atoms with E-state index in [1.807, 2.05) is 53.4 Å². The average molecular weight is 368 g/mol. The molecule has 0 fully saturated rings. The molecule has 4 nitrogen and oxygen atoms in total. The second-order valence-corrected chi connectivity index (χ2v) is 6.95. The fraction of sp³-hybridized carbons (Fsp3) is 0.0526. The molecule has 0 unspecified atom stereocenters. The van der Waals surface area contributed by atoms with E-state index in [1.165, 1.54) is 11.3 Å². The summed E-state index contributed by atoms with van der Waals surface area (Å²) in [7, 11) is 0. The van der Waals surface area contributed by atoms with Gasteiger partial charge in [-0.25, -0.2) is 4.98 Å². The lowest BCUT2D eigenvalue weighted by Gasteiger charge is -2.22. The maximum Gasteiger partial charge on any atom is 0.191 e. The molecule has 0 amide bonds. The number of anilines is 2. The lowest BCUT2D eigenvalue weighted by Crippen LogP contribution is -2.17. The van der Waals surface area contributed by atoms with E-state index in [-0.39, 0.29) is 5.75 Å². The molecule has 2 aromatic carbocycles. The van der Waals surface area contributed by atoms with Crippen LogP contribution in [0.3, 0.4) is 0 Å². The van der Waals surface area contributed by atoms with Gasteiger partial charge in [0.05, 0.1) is 28.1 Å². The van der Waals surface area contributed by atoms with Gasteiger partial charge < -0.3 is 10.0 Å². The maximum absolute atomic E-state index is 10.3. The summed E-state index contributed by atoms with van der Waals surface area (Å²) < 4.78 is 1.00. The van der Waals surface area contributed by atoms with Crippen LogP contribution in [-0.4, -0.2) is 15.1 Å². The first-order chi connectivity index (χ1) is 12.2. The molecular weight excluding hydrogens is 354 g/mol. The molecule has 4 rings (SSSR count). The summed E-state index contributed by atoms with van der Waals surface area (Å²) in [5.41, 5.74) is 2.46. The molecule has 2 heterocycles. The van der Waals surface area contributed by atoms with Gasteiger partial charge in [-0.1, -0.05) is 41.1 Å². The first kappa shape index (κ1) is 15.9. The predicted octanol–water partition coefficient (Wildman–Crippen LogP) is 5.39. The van der Waals surface area contributed by atoms with Crippen LogP contribution < -0.4 is 4.90 Å². The highest BCUT2D eigenvalue weighted by Gasteiger charge is 2.18. The topological polar surface area (TPSA) is 49.2 Å². The van der Waals surface area contributed by atoms with Crippen LogP contribution in [0.4, 0.5) is 10.8 Å². The van der Waals surface area contributed by atoms with E-state index in [0.29, 0.717) is 17.3 Å². The Morgan fingerprint density at radius 1 is 1.04 bits per heavy atom. The van der Waals surface area contributed by atoms with E-state index in [1.54, 1.807) is 18.3 Å². The van der Waals surface area contributed by atoms with Gasteiger partial charge in [0, 0.05) is 11.2 Å². The standard InChI is InChI=1S/C19H14ClN3OS/c20-13-8-9-15-18(11-13)25-19(22-15)23(12-14-5-3-4-10-21-14)16-6-1-2-7-17(16)24/h1-11,24H,12H2. The Balaban J connectivity index is 1.82. The Bertz CT molecular complexity index is 1020. The van der Waals surface area contributed by atoms with Gasteiger partial charge in [0.15, 0.2) is 5.13 Å². The summed E-state index contributed by atoms with van der Waals surface area (Å²) in [6, 6.07) is 18.7. The van der Waals surface area contributed by atoms with Crippen molar-refractivity contribution in [1.82, 2.24) is 9.97 Å². The number of hydrogen-bond donors (Lipinski definition) is 1. The zero-order valence-electron chi connectivity index (χ0n) is 13.1. The van der Waals surface area contributed by atoms with Crippen LogP contribution >= 0.6 is 22.9 Å². The van der Waals surface area contributed by atoms with Crippen molar-refractivity contribution in [1.29, 1.82) is 0 Å². The first-order valence-corrected chi connectivity index (χ1v) is 8.92. The second kappa shape index (κ2) is 6.70. The number of pyridine rings is 1. The number of aromatic hydroxyl groups is 1. The molecule has 0 aliphatic heterocycles. The van der Waals surface area contributed by atoms with Crippen molar-refractivity contribution in [2.24, 2.45) is 0 Å². The molecule has 0 bridgehead atoms. The largest absolute Gasteiger partial charge is 0.506 e. The van der Waals surface area contributed by atoms with Gasteiger partial charge in [-0.3, -0.25) is 4.98 Å². The summed E-state index contributed by atoms with van der Waals surface area (Å²) in [4.78, 5) is 11.1. The highest BCUT2D eigenvalue weighted by Crippen LogP contribution is 2.38. The average Bonchev–Trinajstić information content (AvgIpc) is 3.04. The number of phenolic OH excluding ortho intramolecular Hbond substituents is 1. The molecule has 0 atom stereocenters. The number of fused-ring (bicyclic) bond motifs is 1. The molecule has 0 radical (unpaired) electrons. The quantitative estimate of drug-likeness (QED) is 0.525. The zero-order valence-corrected chi connectivity index (χ0v) is 14.7. The van der Waals surface area contributed by atoms with E-state index in [4.69, 9.17) is 16.6 Å². The van der Waals surface area contributed by atoms with Crippen LogP contribution in [0.15, 0.2) is 66.9 Å². The normalized spacial score (nSPS) is 10.9. The SMILES string of the molecule is Oc1ccccc1N(Cc1ccccn1)c1nc2ccc(Cl)cc2s1. The smallest absolute Gasteiger partial charge is 0.191 e. The molecule has 0 saturated heterocycles. The van der Waals surface area contributed by atoms with Crippen molar-refractivity contribution < 1.29 is 5.11 Å². The minimum absolute atomic E-state index is 0.204. The molecule has 0 aliphatic rings. The predicted molar refractivity (Wildman–Crippen MR) is 103 cm³/mol. The summed E-state index contributed by atoms with van der Waals surface area (Å²) >= 11 is 7.63. The van der Waals surface area contributed by atoms with Gasteiger partial charge in [-0.2, -0.15) is 0 Å². The number of phenols is 1. The number of aromatic nitrogens is 2. The molecule has 0 spiro atoms. The van der Waals surface area contributed by atoms with Crippen molar-refractivity contribution in [3.8, 4) is 5.75 Å². The van der Waals surface area contributed by atoms with Gasteiger partial charge in [-0.15, -0.1) is 0 Å². The van der Waals surface area contributed by atoms with Gasteiger partial charge in [-0.05, 0) is 42.5 Å². The number of benzene rings is 2. The Morgan fingerprint density at radius 3 is 2.68 bits per heavy atom. The highest BCUT2D eigenvalue weighted by atomic mass is 35.5. The van der Waals surface area contributed by atoms with E-state index in [9.17, 15) is 5.11 Å². The monoisotopic (exact) mass is 367 g/mol. The van der Waals surface area contributed by atoms with Crippen molar-refractivity contribution in [2.75, 3.05) is 4.90 Å². The van der Waals surface area contributed by atoms with Gasteiger partial charge in [0.1, 0.15) is 5.75 Å². The summed E-state index contributed by atoms with van der Waals surface area (Å²) in [5.74, 6) is 0.204. The second-order valence-electron chi connectivity index (χ2n) is 5.50. The third kappa shape index (κ3) is 3.29. The number of rotatable bonds is 4. The number of halogens is 1. The molecule has 4 aromatic rings. The van der Waals surface area contributed by atoms with Crippen molar-refractivity contribution in [3.05, 3.63) is 77.6 Å². The summed E-state index contributed by atoms with van der Waals surface area (Å²) in [5, 5.41) is 11.8. The minimum atomic E-state index is 0.204. The highest BCUT2D eigenvalue weighted by molar-refractivity contribution is 7.22. The van der Waals surface area contributed by atoms with E-state index in [2.05, 4.69) is 4.98 Å². The number of hydrogen-bond acceptors (Lipinski definition) is 5. The Hall–Kier alpha value is -2.63. The van der Waals surface area contributed by atoms with Crippen LogP contribution in [0.2, 0.25) is 5.02 Å². The molecule has 1 N–H and O–H groups in total. The zero-order chi connectivity index (χ0) is 17.2. The molecule has 2 aromatic heterocycles. The van der Waals surface area contributed by atoms with Gasteiger partial charge in [0.25, 0.3) is 0 Å². The number of para-hydroxylation sites is 2. The summed E-state index contributed by atoms with van der Waals surface area (Å²) in [6.07, 6.45) is 1.76. The maximum atomic E-state index is 10.3. The molecule has 25 heavy (non-hydrogen) atoms. The fourth-order valence-electron chi connectivity index (χ4n) is 2.60. The number of nitrogens with zero attached hydrogens (tertiary/aromatic N) is 3. The lowest BCUT2D eigenvalue weighted by molar-refractivity contribution is 0.475. The van der Waals surface area contributed by atoms with Crippen LogP contribution in [0, 0.1) is 0 Å². The van der Waals surface area contributed by atoms with E-state index < -0.39 is 0 Å². The van der Waals surface area contributed by atoms with Crippen molar-refractivity contribution >= 4 is 44.0 Å².